The molecule has 154 valence electrons. The lowest BCUT2D eigenvalue weighted by molar-refractivity contribution is -0.119. The maximum Gasteiger partial charge on any atom is 0.339 e. The Morgan fingerprint density at radius 3 is 2.48 bits per heavy atom. The number of methoxy groups -OCH3 is 1. The molecule has 0 saturated heterocycles. The van der Waals surface area contributed by atoms with E-state index in [0.717, 1.165) is 0 Å². The molecule has 2 rings (SSSR count). The number of rotatable bonds is 9. The van der Waals surface area contributed by atoms with Gasteiger partial charge in [-0.15, -0.1) is 11.8 Å². The Labute approximate surface area is 175 Å². The molecule has 2 aromatic rings. The molecule has 29 heavy (non-hydrogen) atoms. The molecule has 0 saturated carbocycles. The highest BCUT2D eigenvalue weighted by molar-refractivity contribution is 8.00. The number of carbonyl (C=O) groups is 3. The van der Waals surface area contributed by atoms with Gasteiger partial charge in [0, 0.05) is 22.1 Å². The van der Waals surface area contributed by atoms with Crippen LogP contribution in [0.4, 0.5) is 0 Å². The van der Waals surface area contributed by atoms with E-state index < -0.39 is 5.97 Å². The second kappa shape index (κ2) is 10.7. The fourth-order valence-electron chi connectivity index (χ4n) is 2.60. The minimum atomic E-state index is -0.507. The number of amides is 1. The Bertz CT molecular complexity index is 895. The summed E-state index contributed by atoms with van der Waals surface area (Å²) in [4.78, 5) is 36.8. The molecule has 1 N–H and O–H groups in total. The number of ether oxygens (including phenoxy) is 2. The van der Waals surface area contributed by atoms with E-state index in [1.165, 1.54) is 25.8 Å². The molecule has 0 spiro atoms. The predicted octanol–water partition coefficient (Wildman–Crippen LogP) is 3.87. The SMILES string of the molecule is COc1ccc(C(C)=O)cc1COC(=O)c1ccccc1SCC(=O)NC(C)C. The number of esters is 1. The van der Waals surface area contributed by atoms with Crippen molar-refractivity contribution in [2.45, 2.75) is 38.3 Å². The number of thioether (sulfide) groups is 1. The largest absolute Gasteiger partial charge is 0.496 e. The van der Waals surface area contributed by atoms with Crippen molar-refractivity contribution in [2.24, 2.45) is 0 Å². The molecule has 7 heteroatoms. The topological polar surface area (TPSA) is 81.7 Å². The molecule has 0 heterocycles. The van der Waals surface area contributed by atoms with Crippen molar-refractivity contribution in [1.29, 1.82) is 0 Å². The van der Waals surface area contributed by atoms with Gasteiger partial charge in [0.1, 0.15) is 12.4 Å². The maximum atomic E-state index is 12.6. The molecule has 1 amide bonds. The fraction of sp³-hybridized carbons (Fsp3) is 0.318. The van der Waals surface area contributed by atoms with Crippen LogP contribution in [0.3, 0.4) is 0 Å². The van der Waals surface area contributed by atoms with Crippen LogP contribution in [0.1, 0.15) is 47.1 Å². The molecule has 0 fully saturated rings. The number of Topliss-reactive ketones (excluding diaryl/α,β-unsaturated/α-hetero) is 1. The van der Waals surface area contributed by atoms with Gasteiger partial charge in [-0.25, -0.2) is 4.79 Å². The molecule has 0 aromatic heterocycles. The molecule has 0 aliphatic rings. The number of carbonyl (C=O) groups excluding carboxylic acids is 3. The molecule has 0 aliphatic carbocycles. The van der Waals surface area contributed by atoms with Crippen molar-refractivity contribution in [3.8, 4) is 5.75 Å². The molecule has 0 radical (unpaired) electrons. The standard InChI is InChI=1S/C22H25NO5S/c1-14(2)23-21(25)13-29-20-8-6-5-7-18(20)22(26)28-12-17-11-16(15(3)24)9-10-19(17)27-4/h5-11,14H,12-13H2,1-4H3,(H,23,25). The quantitative estimate of drug-likeness (QED) is 0.380. The van der Waals surface area contributed by atoms with E-state index in [0.29, 0.717) is 27.3 Å². The van der Waals surface area contributed by atoms with Gasteiger partial charge in [-0.05, 0) is 51.1 Å². The van der Waals surface area contributed by atoms with Crippen LogP contribution in [-0.4, -0.2) is 36.6 Å². The summed E-state index contributed by atoms with van der Waals surface area (Å²) in [6.07, 6.45) is 0. The molecule has 0 aliphatic heterocycles. The van der Waals surface area contributed by atoms with E-state index in [1.54, 1.807) is 42.5 Å². The second-order valence-electron chi connectivity index (χ2n) is 6.67. The van der Waals surface area contributed by atoms with Gasteiger partial charge in [0.25, 0.3) is 0 Å². The minimum Gasteiger partial charge on any atom is -0.496 e. The van der Waals surface area contributed by atoms with Crippen LogP contribution in [0.15, 0.2) is 47.4 Å². The van der Waals surface area contributed by atoms with Crippen LogP contribution in [0.2, 0.25) is 0 Å². The molecule has 0 bridgehead atoms. The first kappa shape index (κ1) is 22.5. The first-order valence-corrected chi connectivity index (χ1v) is 10.2. The third-order valence-corrected chi connectivity index (χ3v) is 5.03. The van der Waals surface area contributed by atoms with Gasteiger partial charge in [-0.3, -0.25) is 9.59 Å². The van der Waals surface area contributed by atoms with Gasteiger partial charge in [-0.2, -0.15) is 0 Å². The Hall–Kier alpha value is -2.80. The lowest BCUT2D eigenvalue weighted by atomic mass is 10.1. The Morgan fingerprint density at radius 1 is 1.10 bits per heavy atom. The average molecular weight is 416 g/mol. The Morgan fingerprint density at radius 2 is 1.83 bits per heavy atom. The van der Waals surface area contributed by atoms with Crippen molar-refractivity contribution in [1.82, 2.24) is 5.32 Å². The molecule has 6 nitrogen and oxygen atoms in total. The first-order valence-electron chi connectivity index (χ1n) is 9.18. The zero-order chi connectivity index (χ0) is 21.4. The van der Waals surface area contributed by atoms with Gasteiger partial charge < -0.3 is 14.8 Å². The van der Waals surface area contributed by atoms with Crippen molar-refractivity contribution < 1.29 is 23.9 Å². The van der Waals surface area contributed by atoms with Crippen LogP contribution in [0, 0.1) is 0 Å². The summed E-state index contributed by atoms with van der Waals surface area (Å²) in [5, 5.41) is 2.82. The highest BCUT2D eigenvalue weighted by Crippen LogP contribution is 2.25. The lowest BCUT2D eigenvalue weighted by Crippen LogP contribution is -2.31. The smallest absolute Gasteiger partial charge is 0.339 e. The van der Waals surface area contributed by atoms with E-state index in [9.17, 15) is 14.4 Å². The van der Waals surface area contributed by atoms with Crippen molar-refractivity contribution in [3.05, 3.63) is 59.2 Å². The maximum absolute atomic E-state index is 12.6. The molecule has 0 unspecified atom stereocenters. The van der Waals surface area contributed by atoms with E-state index in [4.69, 9.17) is 9.47 Å². The van der Waals surface area contributed by atoms with Gasteiger partial charge in [0.05, 0.1) is 18.4 Å². The van der Waals surface area contributed by atoms with Crippen molar-refractivity contribution in [2.75, 3.05) is 12.9 Å². The number of nitrogens with one attached hydrogen (secondary N) is 1. The number of benzene rings is 2. The highest BCUT2D eigenvalue weighted by Gasteiger charge is 2.16. The average Bonchev–Trinajstić information content (AvgIpc) is 2.69. The van der Waals surface area contributed by atoms with E-state index in [-0.39, 0.29) is 30.1 Å². The zero-order valence-corrected chi connectivity index (χ0v) is 17.8. The van der Waals surface area contributed by atoms with Crippen LogP contribution in [0.5, 0.6) is 5.75 Å². The van der Waals surface area contributed by atoms with E-state index in [1.807, 2.05) is 13.8 Å². The van der Waals surface area contributed by atoms with E-state index >= 15 is 0 Å². The van der Waals surface area contributed by atoms with Crippen LogP contribution in [-0.2, 0) is 16.1 Å². The summed E-state index contributed by atoms with van der Waals surface area (Å²) in [5.74, 6) is 0.0563. The Kier molecular flexibility index (Phi) is 8.27. The van der Waals surface area contributed by atoms with Crippen molar-refractivity contribution in [3.63, 3.8) is 0 Å². The summed E-state index contributed by atoms with van der Waals surface area (Å²) in [7, 11) is 1.52. The molecule has 0 atom stereocenters. The highest BCUT2D eigenvalue weighted by atomic mass is 32.2. The van der Waals surface area contributed by atoms with Gasteiger partial charge in [0.15, 0.2) is 5.78 Å². The third kappa shape index (κ3) is 6.64. The van der Waals surface area contributed by atoms with Gasteiger partial charge in [-0.1, -0.05) is 12.1 Å². The summed E-state index contributed by atoms with van der Waals surface area (Å²) in [6, 6.07) is 12.0. The number of ketones is 1. The predicted molar refractivity (Wildman–Crippen MR) is 113 cm³/mol. The number of hydrogen-bond donors (Lipinski definition) is 1. The van der Waals surface area contributed by atoms with E-state index in [2.05, 4.69) is 5.32 Å². The molecular formula is C22H25NO5S. The summed E-state index contributed by atoms with van der Waals surface area (Å²) in [5.41, 5.74) is 1.51. The fourth-order valence-corrected chi connectivity index (χ4v) is 3.45. The first-order chi connectivity index (χ1) is 13.8. The van der Waals surface area contributed by atoms with Crippen LogP contribution >= 0.6 is 11.8 Å². The molecular weight excluding hydrogens is 390 g/mol. The Balaban J connectivity index is 2.09. The summed E-state index contributed by atoms with van der Waals surface area (Å²) < 4.78 is 10.7. The summed E-state index contributed by atoms with van der Waals surface area (Å²) in [6.45, 7) is 5.23. The van der Waals surface area contributed by atoms with Crippen LogP contribution in [0.25, 0.3) is 0 Å². The molecule has 2 aromatic carbocycles. The van der Waals surface area contributed by atoms with Gasteiger partial charge >= 0.3 is 5.97 Å². The monoisotopic (exact) mass is 415 g/mol. The zero-order valence-electron chi connectivity index (χ0n) is 17.0. The van der Waals surface area contributed by atoms with Gasteiger partial charge in [0.2, 0.25) is 5.91 Å². The lowest BCUT2D eigenvalue weighted by Gasteiger charge is -2.13. The minimum absolute atomic E-state index is 0.0318. The third-order valence-electron chi connectivity index (χ3n) is 3.96. The number of hydrogen-bond acceptors (Lipinski definition) is 6. The van der Waals surface area contributed by atoms with Crippen molar-refractivity contribution >= 4 is 29.4 Å². The summed E-state index contributed by atoms with van der Waals surface area (Å²) >= 11 is 1.28. The normalized spacial score (nSPS) is 10.5. The second-order valence-corrected chi connectivity index (χ2v) is 7.68. The van der Waals surface area contributed by atoms with Crippen LogP contribution < -0.4 is 10.1 Å².